The van der Waals surface area contributed by atoms with Crippen molar-refractivity contribution in [3.8, 4) is 0 Å². The zero-order chi connectivity index (χ0) is 12.0. The molecule has 16 heavy (non-hydrogen) atoms. The fourth-order valence-electron chi connectivity index (χ4n) is 1.42. The summed E-state index contributed by atoms with van der Waals surface area (Å²) in [4.78, 5) is 0. The third kappa shape index (κ3) is 4.36. The summed E-state index contributed by atoms with van der Waals surface area (Å²) in [5.74, 6) is 1.10. The van der Waals surface area contributed by atoms with E-state index in [0.717, 1.165) is 16.0 Å². The van der Waals surface area contributed by atoms with Crippen LogP contribution in [0.25, 0.3) is 0 Å². The first-order valence-corrected chi connectivity index (χ1v) is 7.14. The van der Waals surface area contributed by atoms with Gasteiger partial charge in [-0.3, -0.25) is 0 Å². The van der Waals surface area contributed by atoms with Crippen LogP contribution in [-0.2, 0) is 0 Å². The first-order valence-electron chi connectivity index (χ1n) is 5.71. The minimum Gasteiger partial charge on any atom is -0.312 e. The lowest BCUT2D eigenvalue weighted by Gasteiger charge is -2.18. The van der Waals surface area contributed by atoms with E-state index < -0.39 is 0 Å². The highest BCUT2D eigenvalue weighted by atomic mass is 35.5. The van der Waals surface area contributed by atoms with Gasteiger partial charge in [-0.2, -0.15) is 11.8 Å². The highest BCUT2D eigenvalue weighted by molar-refractivity contribution is 7.99. The number of thioether (sulfide) groups is 1. The molecule has 1 rings (SSSR count). The van der Waals surface area contributed by atoms with Crippen molar-refractivity contribution in [2.24, 2.45) is 0 Å². The molecule has 1 aromatic carbocycles. The Labute approximate surface area is 108 Å². The SMILES string of the molecule is CCC(C)SCC(NC)c1ccc(Cl)cc1. The molecule has 0 aromatic heterocycles. The second-order valence-corrected chi connectivity index (χ2v) is 5.85. The third-order valence-electron chi connectivity index (χ3n) is 2.74. The summed E-state index contributed by atoms with van der Waals surface area (Å²) in [5.41, 5.74) is 1.31. The van der Waals surface area contributed by atoms with E-state index in [0.29, 0.717) is 6.04 Å². The van der Waals surface area contributed by atoms with E-state index in [4.69, 9.17) is 11.6 Å². The van der Waals surface area contributed by atoms with Crippen LogP contribution in [0, 0.1) is 0 Å². The number of halogens is 1. The first kappa shape index (κ1) is 13.9. The van der Waals surface area contributed by atoms with E-state index >= 15 is 0 Å². The Bertz CT molecular complexity index is 299. The first-order chi connectivity index (χ1) is 7.67. The van der Waals surface area contributed by atoms with Crippen LogP contribution >= 0.6 is 23.4 Å². The zero-order valence-electron chi connectivity index (χ0n) is 10.2. The van der Waals surface area contributed by atoms with Gasteiger partial charge in [0.1, 0.15) is 0 Å². The van der Waals surface area contributed by atoms with Crippen molar-refractivity contribution in [3.63, 3.8) is 0 Å². The Hall–Kier alpha value is -0.180. The van der Waals surface area contributed by atoms with Crippen molar-refractivity contribution in [3.05, 3.63) is 34.9 Å². The average Bonchev–Trinajstić information content (AvgIpc) is 2.31. The van der Waals surface area contributed by atoms with Crippen LogP contribution in [0.3, 0.4) is 0 Å². The van der Waals surface area contributed by atoms with Gasteiger partial charge in [-0.05, 0) is 31.2 Å². The Morgan fingerprint density at radius 3 is 2.44 bits per heavy atom. The summed E-state index contributed by atoms with van der Waals surface area (Å²) >= 11 is 7.90. The molecule has 0 aliphatic heterocycles. The predicted octanol–water partition coefficient (Wildman–Crippen LogP) is 4.13. The average molecular weight is 258 g/mol. The Morgan fingerprint density at radius 2 is 1.94 bits per heavy atom. The molecule has 90 valence electrons. The number of nitrogens with one attached hydrogen (secondary N) is 1. The Balaban J connectivity index is 2.57. The summed E-state index contributed by atoms with van der Waals surface area (Å²) in [7, 11) is 2.01. The molecule has 0 fully saturated rings. The molecule has 1 nitrogen and oxygen atoms in total. The topological polar surface area (TPSA) is 12.0 Å². The van der Waals surface area contributed by atoms with Crippen LogP contribution < -0.4 is 5.32 Å². The van der Waals surface area contributed by atoms with Gasteiger partial charge in [0.15, 0.2) is 0 Å². The maximum absolute atomic E-state index is 5.88. The van der Waals surface area contributed by atoms with Gasteiger partial charge in [-0.25, -0.2) is 0 Å². The molecule has 0 saturated heterocycles. The molecule has 0 heterocycles. The van der Waals surface area contributed by atoms with Crippen LogP contribution in [-0.4, -0.2) is 18.1 Å². The summed E-state index contributed by atoms with van der Waals surface area (Å²) in [6.07, 6.45) is 1.22. The lowest BCUT2D eigenvalue weighted by molar-refractivity contribution is 0.660. The fourth-order valence-corrected chi connectivity index (χ4v) is 2.66. The molecule has 0 amide bonds. The third-order valence-corrected chi connectivity index (χ3v) is 4.42. The van der Waals surface area contributed by atoms with Crippen molar-refractivity contribution in [1.29, 1.82) is 0 Å². The molecular formula is C13H20ClNS. The molecule has 0 bridgehead atoms. The van der Waals surface area contributed by atoms with Gasteiger partial charge in [0.2, 0.25) is 0 Å². The summed E-state index contributed by atoms with van der Waals surface area (Å²) in [5, 5.41) is 4.88. The second-order valence-electron chi connectivity index (χ2n) is 3.95. The van der Waals surface area contributed by atoms with Crippen molar-refractivity contribution < 1.29 is 0 Å². The van der Waals surface area contributed by atoms with Gasteiger partial charge in [-0.15, -0.1) is 0 Å². The molecule has 0 saturated carbocycles. The van der Waals surface area contributed by atoms with E-state index in [1.165, 1.54) is 12.0 Å². The number of hydrogen-bond donors (Lipinski definition) is 1. The monoisotopic (exact) mass is 257 g/mol. The number of hydrogen-bond acceptors (Lipinski definition) is 2. The molecule has 0 radical (unpaired) electrons. The molecule has 1 N–H and O–H groups in total. The highest BCUT2D eigenvalue weighted by Gasteiger charge is 2.10. The minimum absolute atomic E-state index is 0.413. The number of rotatable bonds is 6. The molecule has 1 aromatic rings. The zero-order valence-corrected chi connectivity index (χ0v) is 11.7. The molecule has 3 heteroatoms. The maximum Gasteiger partial charge on any atom is 0.0409 e. The fraction of sp³-hybridized carbons (Fsp3) is 0.538. The van der Waals surface area contributed by atoms with E-state index in [-0.39, 0.29) is 0 Å². The summed E-state index contributed by atoms with van der Waals surface area (Å²) < 4.78 is 0. The van der Waals surface area contributed by atoms with Crippen molar-refractivity contribution in [2.45, 2.75) is 31.6 Å². The summed E-state index contributed by atoms with van der Waals surface area (Å²) in [6.45, 7) is 4.51. The van der Waals surface area contributed by atoms with Gasteiger partial charge in [0.05, 0.1) is 0 Å². The number of benzene rings is 1. The van der Waals surface area contributed by atoms with Crippen LogP contribution in [0.5, 0.6) is 0 Å². The standard InChI is InChI=1S/C13H20ClNS/c1-4-10(2)16-9-13(15-3)11-5-7-12(14)8-6-11/h5-8,10,13,15H,4,9H2,1-3H3. The van der Waals surface area contributed by atoms with E-state index in [1.807, 2.05) is 30.9 Å². The maximum atomic E-state index is 5.88. The second kappa shape index (κ2) is 7.21. The van der Waals surface area contributed by atoms with Crippen LogP contribution in [0.2, 0.25) is 5.02 Å². The van der Waals surface area contributed by atoms with Gasteiger partial charge < -0.3 is 5.32 Å². The quantitative estimate of drug-likeness (QED) is 0.822. The van der Waals surface area contributed by atoms with Gasteiger partial charge in [0.25, 0.3) is 0 Å². The van der Waals surface area contributed by atoms with E-state index in [9.17, 15) is 0 Å². The van der Waals surface area contributed by atoms with Crippen molar-refractivity contribution >= 4 is 23.4 Å². The summed E-state index contributed by atoms with van der Waals surface area (Å²) in [6, 6.07) is 8.52. The Kier molecular flexibility index (Phi) is 6.25. The lowest BCUT2D eigenvalue weighted by Crippen LogP contribution is -2.19. The van der Waals surface area contributed by atoms with Crippen molar-refractivity contribution in [1.82, 2.24) is 5.32 Å². The predicted molar refractivity (Wildman–Crippen MR) is 75.5 cm³/mol. The molecular weight excluding hydrogens is 238 g/mol. The molecule has 2 unspecified atom stereocenters. The van der Waals surface area contributed by atoms with Gasteiger partial charge >= 0.3 is 0 Å². The largest absolute Gasteiger partial charge is 0.312 e. The highest BCUT2D eigenvalue weighted by Crippen LogP contribution is 2.23. The van der Waals surface area contributed by atoms with Crippen LogP contribution in [0.15, 0.2) is 24.3 Å². The van der Waals surface area contributed by atoms with Crippen LogP contribution in [0.1, 0.15) is 31.9 Å². The van der Waals surface area contributed by atoms with Gasteiger partial charge in [0, 0.05) is 22.1 Å². The van der Waals surface area contributed by atoms with E-state index in [1.54, 1.807) is 0 Å². The molecule has 0 aliphatic carbocycles. The molecule has 2 atom stereocenters. The minimum atomic E-state index is 0.413. The van der Waals surface area contributed by atoms with Crippen molar-refractivity contribution in [2.75, 3.05) is 12.8 Å². The molecule has 0 spiro atoms. The lowest BCUT2D eigenvalue weighted by atomic mass is 10.1. The van der Waals surface area contributed by atoms with Crippen LogP contribution in [0.4, 0.5) is 0 Å². The normalized spacial score (nSPS) is 14.8. The Morgan fingerprint density at radius 1 is 1.31 bits per heavy atom. The van der Waals surface area contributed by atoms with E-state index in [2.05, 4.69) is 31.3 Å². The van der Waals surface area contributed by atoms with Gasteiger partial charge in [-0.1, -0.05) is 37.6 Å². The molecule has 0 aliphatic rings. The smallest absolute Gasteiger partial charge is 0.0409 e.